The molecular weight excluding hydrogens is 335 g/mol. The largest absolute Gasteiger partial charge is 0.673 e. The summed E-state index contributed by atoms with van der Waals surface area (Å²) in [5, 5.41) is 0. The maximum absolute atomic E-state index is 9.75. The zero-order chi connectivity index (χ0) is 17.4. The van der Waals surface area contributed by atoms with Crippen LogP contribution >= 0.6 is 0 Å². The monoisotopic (exact) mass is 350 g/mol. The predicted molar refractivity (Wildman–Crippen MR) is 93.8 cm³/mol. The molecule has 0 radical (unpaired) electrons. The van der Waals surface area contributed by atoms with Crippen LogP contribution in [0.25, 0.3) is 11.1 Å². The van der Waals surface area contributed by atoms with Crippen molar-refractivity contribution in [1.82, 2.24) is 0 Å². The highest BCUT2D eigenvalue weighted by Gasteiger charge is 2.20. The highest BCUT2D eigenvalue weighted by atomic mass is 32.2. The van der Waals surface area contributed by atoms with E-state index in [4.69, 9.17) is 0 Å². The van der Waals surface area contributed by atoms with Crippen LogP contribution in [0.5, 0.6) is 0 Å². The molecule has 0 amide bonds. The van der Waals surface area contributed by atoms with E-state index in [0.29, 0.717) is 0 Å². The molecule has 0 aliphatic heterocycles. The Labute approximate surface area is 142 Å². The van der Waals surface area contributed by atoms with Crippen LogP contribution < -0.4 is 0 Å². The van der Waals surface area contributed by atoms with E-state index in [1.54, 1.807) is 0 Å². The maximum Gasteiger partial charge on any atom is 0.673 e. The maximum atomic E-state index is 9.75. The Hall–Kier alpha value is -2.21. The first-order valence-corrected chi connectivity index (χ1v) is 8.11. The van der Waals surface area contributed by atoms with Gasteiger partial charge in [0.05, 0.1) is 0 Å². The molecule has 6 heteroatoms. The van der Waals surface area contributed by atoms with Gasteiger partial charge in [0.15, 0.2) is 9.79 Å². The van der Waals surface area contributed by atoms with Gasteiger partial charge in [0, 0.05) is 11.8 Å². The van der Waals surface area contributed by atoms with Crippen LogP contribution in [0.1, 0.15) is 0 Å². The highest BCUT2D eigenvalue weighted by Crippen LogP contribution is 2.21. The van der Waals surface area contributed by atoms with Gasteiger partial charge < -0.3 is 17.3 Å². The fourth-order valence-electron chi connectivity index (χ4n) is 2.01. The van der Waals surface area contributed by atoms with E-state index in [9.17, 15) is 17.3 Å². The molecule has 0 heterocycles. The third-order valence-electron chi connectivity index (χ3n) is 2.99. The molecular formula is C18H15BF4S. The van der Waals surface area contributed by atoms with Crippen LogP contribution in [-0.4, -0.2) is 7.25 Å². The predicted octanol–water partition coefficient (Wildman–Crippen LogP) is 5.89. The molecule has 0 aliphatic rings. The summed E-state index contributed by atoms with van der Waals surface area (Å²) in [7, 11) is -6.00. The Kier molecular flexibility index (Phi) is 6.49. The molecule has 124 valence electrons. The van der Waals surface area contributed by atoms with Crippen LogP contribution in [0.2, 0.25) is 0 Å². The van der Waals surface area contributed by atoms with Crippen LogP contribution in [0, 0.1) is 0 Å². The van der Waals surface area contributed by atoms with Gasteiger partial charge in [-0.3, -0.25) is 0 Å². The first kappa shape index (κ1) is 18.1. The Balaban J connectivity index is 0.000000368. The average molecular weight is 350 g/mol. The van der Waals surface area contributed by atoms with Crippen molar-refractivity contribution in [3.05, 3.63) is 84.9 Å². The minimum Gasteiger partial charge on any atom is -0.418 e. The molecule has 0 unspecified atom stereocenters. The zero-order valence-corrected chi connectivity index (χ0v) is 13.5. The summed E-state index contributed by atoms with van der Waals surface area (Å²) in [5.41, 5.74) is 2.54. The number of hydrogen-bond donors (Lipinski definition) is 0. The van der Waals surface area contributed by atoms with Crippen molar-refractivity contribution in [2.24, 2.45) is 0 Å². The molecule has 0 atom stereocenters. The van der Waals surface area contributed by atoms with Crippen molar-refractivity contribution < 1.29 is 17.3 Å². The summed E-state index contributed by atoms with van der Waals surface area (Å²) in [6, 6.07) is 29.8. The van der Waals surface area contributed by atoms with Gasteiger partial charge in [-0.15, -0.1) is 0 Å². The minimum absolute atomic E-state index is 1.26. The molecule has 0 spiro atoms. The quantitative estimate of drug-likeness (QED) is 0.239. The van der Waals surface area contributed by atoms with Crippen LogP contribution in [0.4, 0.5) is 17.3 Å². The molecule has 3 aromatic rings. The number of benzene rings is 3. The zero-order valence-electron chi connectivity index (χ0n) is 12.6. The molecule has 0 aromatic heterocycles. The third kappa shape index (κ3) is 6.92. The van der Waals surface area contributed by atoms with Crippen LogP contribution in [0.3, 0.4) is 0 Å². The second-order valence-corrected chi connectivity index (χ2v) is 6.11. The fourth-order valence-corrected chi connectivity index (χ4v) is 2.93. The first-order chi connectivity index (χ1) is 11.4. The molecule has 3 rings (SSSR count). The molecule has 0 fully saturated rings. The summed E-state index contributed by atoms with van der Waals surface area (Å²) in [5.74, 6) is 0. The molecule has 24 heavy (non-hydrogen) atoms. The second-order valence-electron chi connectivity index (χ2n) is 4.86. The van der Waals surface area contributed by atoms with Gasteiger partial charge in [0.25, 0.3) is 0 Å². The molecule has 0 N–H and O–H groups in total. The molecule has 0 nitrogen and oxygen atoms in total. The Morgan fingerprint density at radius 3 is 1.38 bits per heavy atom. The number of halogens is 4. The van der Waals surface area contributed by atoms with E-state index in [-0.39, 0.29) is 0 Å². The van der Waals surface area contributed by atoms with Gasteiger partial charge in [-0.25, -0.2) is 0 Å². The number of thiol groups is 1. The summed E-state index contributed by atoms with van der Waals surface area (Å²) in [6.07, 6.45) is 0. The average Bonchev–Trinajstić information content (AvgIpc) is 2.56. The van der Waals surface area contributed by atoms with Gasteiger partial charge in [-0.2, -0.15) is 0 Å². The van der Waals surface area contributed by atoms with E-state index in [0.717, 1.165) is 0 Å². The fraction of sp³-hybridized carbons (Fsp3) is 0. The Bertz CT molecular complexity index is 722. The smallest absolute Gasteiger partial charge is 0.418 e. The SMILES string of the molecule is F[B-](F)(F)F.c1ccc([SH+]c2ccc(-c3ccccc3)cc2)cc1. The molecule has 3 aromatic carbocycles. The summed E-state index contributed by atoms with van der Waals surface area (Å²) < 4.78 is 39.0. The minimum atomic E-state index is -6.00. The Morgan fingerprint density at radius 1 is 0.500 bits per heavy atom. The summed E-state index contributed by atoms with van der Waals surface area (Å²) in [4.78, 5) is 2.65. The van der Waals surface area contributed by atoms with Crippen molar-refractivity contribution in [3.8, 4) is 11.1 Å². The molecule has 0 bridgehead atoms. The third-order valence-corrected chi connectivity index (χ3v) is 4.10. The lowest BCUT2D eigenvalue weighted by Crippen LogP contribution is -2.02. The van der Waals surface area contributed by atoms with Gasteiger partial charge >= 0.3 is 7.25 Å². The second kappa shape index (κ2) is 8.59. The lowest BCUT2D eigenvalue weighted by Gasteiger charge is -2.00. The van der Waals surface area contributed by atoms with Crippen LogP contribution in [0.15, 0.2) is 94.7 Å². The van der Waals surface area contributed by atoms with Gasteiger partial charge in [-0.1, -0.05) is 48.5 Å². The first-order valence-electron chi connectivity index (χ1n) is 7.21. The normalized spacial score (nSPS) is 10.7. The number of hydrogen-bond acceptors (Lipinski definition) is 0. The van der Waals surface area contributed by atoms with Gasteiger partial charge in [0.2, 0.25) is 0 Å². The topological polar surface area (TPSA) is 0 Å². The van der Waals surface area contributed by atoms with E-state index >= 15 is 0 Å². The Morgan fingerprint density at radius 2 is 0.875 bits per heavy atom. The van der Waals surface area contributed by atoms with E-state index < -0.39 is 7.25 Å². The van der Waals surface area contributed by atoms with Crippen LogP contribution in [-0.2, 0) is 11.8 Å². The number of rotatable bonds is 3. The highest BCUT2D eigenvalue weighted by molar-refractivity contribution is 7.78. The summed E-state index contributed by atoms with van der Waals surface area (Å²) >= 11 is 1.26. The van der Waals surface area contributed by atoms with Crippen molar-refractivity contribution in [1.29, 1.82) is 0 Å². The molecule has 0 saturated carbocycles. The van der Waals surface area contributed by atoms with E-state index in [2.05, 4.69) is 78.9 Å². The van der Waals surface area contributed by atoms with Crippen molar-refractivity contribution >= 4 is 19.0 Å². The van der Waals surface area contributed by atoms with E-state index in [1.807, 2.05) is 6.07 Å². The van der Waals surface area contributed by atoms with Crippen molar-refractivity contribution in [3.63, 3.8) is 0 Å². The molecule has 0 aliphatic carbocycles. The van der Waals surface area contributed by atoms with Crippen molar-refractivity contribution in [2.75, 3.05) is 0 Å². The summed E-state index contributed by atoms with van der Waals surface area (Å²) in [6.45, 7) is 0. The van der Waals surface area contributed by atoms with Gasteiger partial charge in [0.1, 0.15) is 0 Å². The standard InChI is InChI=1S/C18H14S.BF4/c1-3-7-15(8-4-1)16-11-13-18(14-12-16)19-17-9-5-2-6-10-17;2-1(3,4)5/h1-14H;/q;-1/p+1. The van der Waals surface area contributed by atoms with Crippen molar-refractivity contribution in [2.45, 2.75) is 9.79 Å². The van der Waals surface area contributed by atoms with E-state index in [1.165, 1.54) is 32.7 Å². The lowest BCUT2D eigenvalue weighted by molar-refractivity contribution is 0.368. The lowest BCUT2D eigenvalue weighted by atomic mass is 10.1. The molecule has 0 saturated heterocycles. The van der Waals surface area contributed by atoms with Gasteiger partial charge in [-0.05, 0) is 47.5 Å².